The number of rotatable bonds is 4. The van der Waals surface area contributed by atoms with Gasteiger partial charge in [0.2, 0.25) is 0 Å². The van der Waals surface area contributed by atoms with E-state index in [4.69, 9.17) is 4.42 Å². The third-order valence-electron chi connectivity index (χ3n) is 2.68. The molecule has 0 aliphatic carbocycles. The molecule has 4 heteroatoms. The van der Waals surface area contributed by atoms with Crippen LogP contribution in [0.2, 0.25) is 0 Å². The van der Waals surface area contributed by atoms with Gasteiger partial charge in [-0.05, 0) is 37.1 Å². The van der Waals surface area contributed by atoms with Gasteiger partial charge in [0, 0.05) is 12.1 Å². The molecule has 0 bridgehead atoms. The average Bonchev–Trinajstić information content (AvgIpc) is 2.78. The zero-order valence-electron chi connectivity index (χ0n) is 10.1. The number of carbonyl (C=O) groups is 1. The normalized spacial score (nSPS) is 10.3. The first-order chi connectivity index (χ1) is 8.66. The molecule has 1 aromatic heterocycles. The van der Waals surface area contributed by atoms with Gasteiger partial charge in [-0.1, -0.05) is 12.1 Å². The largest absolute Gasteiger partial charge is 0.459 e. The summed E-state index contributed by atoms with van der Waals surface area (Å²) >= 11 is 0. The summed E-state index contributed by atoms with van der Waals surface area (Å²) in [5.41, 5.74) is 1.79. The Bertz CT molecular complexity index is 531. The van der Waals surface area contributed by atoms with Gasteiger partial charge in [-0.25, -0.2) is 4.39 Å². The Hall–Kier alpha value is -2.10. The second-order valence-corrected chi connectivity index (χ2v) is 4.07. The van der Waals surface area contributed by atoms with Crippen LogP contribution in [-0.4, -0.2) is 12.5 Å². The molecule has 0 aliphatic rings. The van der Waals surface area contributed by atoms with Crippen LogP contribution in [0.4, 0.5) is 4.39 Å². The lowest BCUT2D eigenvalue weighted by Crippen LogP contribution is -2.25. The highest BCUT2D eigenvalue weighted by Crippen LogP contribution is 2.08. The molecular weight excluding hydrogens is 233 g/mol. The van der Waals surface area contributed by atoms with Crippen LogP contribution in [0.5, 0.6) is 0 Å². The van der Waals surface area contributed by atoms with E-state index in [0.717, 1.165) is 11.1 Å². The lowest BCUT2D eigenvalue weighted by molar-refractivity contribution is 0.0925. The highest BCUT2D eigenvalue weighted by atomic mass is 19.1. The lowest BCUT2D eigenvalue weighted by atomic mass is 10.1. The number of nitrogens with one attached hydrogen (secondary N) is 1. The number of benzene rings is 1. The minimum atomic E-state index is -0.256. The van der Waals surface area contributed by atoms with Gasteiger partial charge in [0.25, 0.3) is 5.91 Å². The van der Waals surface area contributed by atoms with Crippen molar-refractivity contribution >= 4 is 5.91 Å². The van der Waals surface area contributed by atoms with Crippen molar-refractivity contribution in [2.24, 2.45) is 0 Å². The monoisotopic (exact) mass is 247 g/mol. The lowest BCUT2D eigenvalue weighted by Gasteiger charge is -2.04. The first kappa shape index (κ1) is 12.4. The van der Waals surface area contributed by atoms with Crippen LogP contribution < -0.4 is 5.32 Å². The number of amides is 1. The van der Waals surface area contributed by atoms with Crippen molar-refractivity contribution < 1.29 is 13.6 Å². The van der Waals surface area contributed by atoms with E-state index in [9.17, 15) is 9.18 Å². The molecule has 1 aromatic carbocycles. The third-order valence-corrected chi connectivity index (χ3v) is 2.68. The van der Waals surface area contributed by atoms with Gasteiger partial charge in [-0.3, -0.25) is 4.79 Å². The highest BCUT2D eigenvalue weighted by Gasteiger charge is 2.11. The summed E-state index contributed by atoms with van der Waals surface area (Å²) in [6, 6.07) is 7.98. The molecule has 0 radical (unpaired) electrons. The van der Waals surface area contributed by atoms with Crippen LogP contribution in [0.3, 0.4) is 0 Å². The van der Waals surface area contributed by atoms with Crippen molar-refractivity contribution in [2.75, 3.05) is 6.54 Å². The fourth-order valence-electron chi connectivity index (χ4n) is 1.66. The van der Waals surface area contributed by atoms with Crippen molar-refractivity contribution in [1.82, 2.24) is 5.32 Å². The predicted octanol–water partition coefficient (Wildman–Crippen LogP) is 2.70. The summed E-state index contributed by atoms with van der Waals surface area (Å²) in [6.45, 7) is 2.31. The fraction of sp³-hybridized carbons (Fsp3) is 0.214. The van der Waals surface area contributed by atoms with Crippen molar-refractivity contribution in [1.29, 1.82) is 0 Å². The predicted molar refractivity (Wildman–Crippen MR) is 65.9 cm³/mol. The quantitative estimate of drug-likeness (QED) is 0.902. The third kappa shape index (κ3) is 2.97. The number of hydrogen-bond acceptors (Lipinski definition) is 2. The van der Waals surface area contributed by atoms with Gasteiger partial charge in [0.15, 0.2) is 5.76 Å². The van der Waals surface area contributed by atoms with Crippen molar-refractivity contribution in [3.63, 3.8) is 0 Å². The number of aryl methyl sites for hydroxylation is 1. The number of halogens is 1. The first-order valence-electron chi connectivity index (χ1n) is 5.73. The molecule has 0 aliphatic heterocycles. The molecule has 0 spiro atoms. The minimum absolute atomic E-state index is 0.223. The molecule has 94 valence electrons. The van der Waals surface area contributed by atoms with E-state index in [2.05, 4.69) is 5.32 Å². The van der Waals surface area contributed by atoms with Crippen LogP contribution in [-0.2, 0) is 6.42 Å². The summed E-state index contributed by atoms with van der Waals surface area (Å²) in [5, 5.41) is 2.76. The second kappa shape index (κ2) is 5.49. The van der Waals surface area contributed by atoms with Crippen molar-refractivity contribution in [2.45, 2.75) is 13.3 Å². The molecule has 18 heavy (non-hydrogen) atoms. The smallest absolute Gasteiger partial charge is 0.287 e. The maximum absolute atomic E-state index is 12.7. The molecule has 0 fully saturated rings. The van der Waals surface area contributed by atoms with Crippen LogP contribution in [0.25, 0.3) is 0 Å². The van der Waals surface area contributed by atoms with E-state index >= 15 is 0 Å². The standard InChI is InChI=1S/C14H14FNO2/c1-10-7-9-18-13(10)14(17)16-8-6-11-2-4-12(15)5-3-11/h2-5,7,9H,6,8H2,1H3,(H,16,17). The zero-order valence-corrected chi connectivity index (χ0v) is 10.1. The van der Waals surface area contributed by atoms with E-state index in [1.165, 1.54) is 18.4 Å². The summed E-state index contributed by atoms with van der Waals surface area (Å²) in [6.07, 6.45) is 2.15. The molecule has 0 atom stereocenters. The molecule has 0 saturated heterocycles. The molecule has 2 rings (SSSR count). The van der Waals surface area contributed by atoms with Crippen LogP contribution >= 0.6 is 0 Å². The Morgan fingerprint density at radius 2 is 2.00 bits per heavy atom. The average molecular weight is 247 g/mol. The van der Waals surface area contributed by atoms with E-state index in [1.54, 1.807) is 18.2 Å². The maximum Gasteiger partial charge on any atom is 0.287 e. The van der Waals surface area contributed by atoms with E-state index < -0.39 is 0 Å². The Labute approximate surface area is 105 Å². The number of carbonyl (C=O) groups excluding carboxylic acids is 1. The molecule has 0 saturated carbocycles. The Balaban J connectivity index is 1.84. The van der Waals surface area contributed by atoms with Gasteiger partial charge in [-0.15, -0.1) is 0 Å². The Morgan fingerprint density at radius 3 is 2.61 bits per heavy atom. The van der Waals surface area contributed by atoms with E-state index in [0.29, 0.717) is 18.7 Å². The zero-order chi connectivity index (χ0) is 13.0. The highest BCUT2D eigenvalue weighted by molar-refractivity contribution is 5.92. The molecule has 2 aromatic rings. The number of hydrogen-bond donors (Lipinski definition) is 1. The van der Waals surface area contributed by atoms with Gasteiger partial charge in [0.05, 0.1) is 6.26 Å². The van der Waals surface area contributed by atoms with Crippen LogP contribution in [0, 0.1) is 12.7 Å². The SMILES string of the molecule is Cc1ccoc1C(=O)NCCc1ccc(F)cc1. The van der Waals surface area contributed by atoms with Gasteiger partial charge in [0.1, 0.15) is 5.82 Å². The van der Waals surface area contributed by atoms with Gasteiger partial charge >= 0.3 is 0 Å². The maximum atomic E-state index is 12.7. The minimum Gasteiger partial charge on any atom is -0.459 e. The van der Waals surface area contributed by atoms with Crippen LogP contribution in [0.1, 0.15) is 21.7 Å². The molecule has 1 amide bonds. The summed E-state index contributed by atoms with van der Waals surface area (Å²) < 4.78 is 17.8. The van der Waals surface area contributed by atoms with E-state index in [1.807, 2.05) is 6.92 Å². The van der Waals surface area contributed by atoms with Crippen molar-refractivity contribution in [3.8, 4) is 0 Å². The Morgan fingerprint density at radius 1 is 1.28 bits per heavy atom. The molecular formula is C14H14FNO2. The molecule has 0 unspecified atom stereocenters. The van der Waals surface area contributed by atoms with Crippen molar-refractivity contribution in [3.05, 3.63) is 59.3 Å². The second-order valence-electron chi connectivity index (χ2n) is 4.07. The molecule has 1 N–H and O–H groups in total. The Kier molecular flexibility index (Phi) is 3.77. The summed E-state index contributed by atoms with van der Waals surface area (Å²) in [4.78, 5) is 11.7. The van der Waals surface area contributed by atoms with Crippen LogP contribution in [0.15, 0.2) is 41.0 Å². The summed E-state index contributed by atoms with van der Waals surface area (Å²) in [7, 11) is 0. The number of furan rings is 1. The molecule has 3 nitrogen and oxygen atoms in total. The first-order valence-corrected chi connectivity index (χ1v) is 5.73. The summed E-state index contributed by atoms with van der Waals surface area (Å²) in [5.74, 6) is -0.136. The van der Waals surface area contributed by atoms with E-state index in [-0.39, 0.29) is 11.7 Å². The fourth-order valence-corrected chi connectivity index (χ4v) is 1.66. The van der Waals surface area contributed by atoms with Gasteiger partial charge < -0.3 is 9.73 Å². The topological polar surface area (TPSA) is 42.2 Å². The molecule has 1 heterocycles. The van der Waals surface area contributed by atoms with Gasteiger partial charge in [-0.2, -0.15) is 0 Å².